The number of carbonyl (C=O) groups is 1. The molecular weight excluding hydrogens is 604 g/mol. The van der Waals surface area contributed by atoms with Gasteiger partial charge in [-0.1, -0.05) is 90.0 Å². The van der Waals surface area contributed by atoms with E-state index in [1.807, 2.05) is 67.6 Å². The topological polar surface area (TPSA) is 85.3 Å². The van der Waals surface area contributed by atoms with Crippen LogP contribution in [0.25, 0.3) is 6.08 Å². The first-order valence-electron chi connectivity index (χ1n) is 13.5. The quantitative estimate of drug-likeness (QED) is 0.133. The Balaban J connectivity index is 1.46. The van der Waals surface area contributed by atoms with E-state index in [4.69, 9.17) is 25.5 Å². The van der Waals surface area contributed by atoms with Gasteiger partial charge in [0.05, 0.1) is 29.6 Å². The average molecular weight is 633 g/mol. The first kappa shape index (κ1) is 30.4. The lowest BCUT2D eigenvalue weighted by atomic mass is 10.1. The maximum atomic E-state index is 13.7. The number of nitrogens with zero attached hydrogens (tertiary/aromatic N) is 2. The Morgan fingerprint density at radius 1 is 0.930 bits per heavy atom. The summed E-state index contributed by atoms with van der Waals surface area (Å²) in [5.74, 6) is -0.170. The van der Waals surface area contributed by atoms with E-state index < -0.39 is 10.1 Å². The van der Waals surface area contributed by atoms with E-state index >= 15 is 0 Å². The molecule has 1 fully saturated rings. The molecular formula is C33H29ClN2O5S2. The van der Waals surface area contributed by atoms with Crippen LogP contribution in [0.2, 0.25) is 5.02 Å². The highest BCUT2D eigenvalue weighted by molar-refractivity contribution is 8.18. The predicted molar refractivity (Wildman–Crippen MR) is 172 cm³/mol. The van der Waals surface area contributed by atoms with Crippen molar-refractivity contribution in [2.24, 2.45) is 4.99 Å². The normalized spacial score (nSPS) is 15.3. The molecule has 5 rings (SSSR count). The number of amidine groups is 1. The van der Waals surface area contributed by atoms with E-state index in [0.717, 1.165) is 16.7 Å². The Hall–Kier alpha value is -4.05. The Kier molecular flexibility index (Phi) is 9.55. The molecule has 10 heteroatoms. The summed E-state index contributed by atoms with van der Waals surface area (Å²) in [7, 11) is -4.17. The van der Waals surface area contributed by atoms with E-state index in [1.54, 1.807) is 42.2 Å². The lowest BCUT2D eigenvalue weighted by molar-refractivity contribution is -0.122. The van der Waals surface area contributed by atoms with Crippen molar-refractivity contribution in [1.29, 1.82) is 0 Å². The highest BCUT2D eigenvalue weighted by atomic mass is 35.5. The highest BCUT2D eigenvalue weighted by Gasteiger charge is 2.33. The van der Waals surface area contributed by atoms with Gasteiger partial charge in [-0.15, -0.1) is 0 Å². The zero-order chi connectivity index (χ0) is 30.4. The molecule has 0 aromatic heterocycles. The number of aliphatic imine (C=N–C) groups is 1. The first-order valence-corrected chi connectivity index (χ1v) is 16.1. The van der Waals surface area contributed by atoms with Gasteiger partial charge in [0.15, 0.2) is 10.9 Å². The summed E-state index contributed by atoms with van der Waals surface area (Å²) in [5.41, 5.74) is 3.47. The van der Waals surface area contributed by atoms with Gasteiger partial charge in [0.2, 0.25) is 5.75 Å². The van der Waals surface area contributed by atoms with Gasteiger partial charge in [0, 0.05) is 0 Å². The van der Waals surface area contributed by atoms with Crippen LogP contribution in [-0.4, -0.2) is 31.0 Å². The molecule has 0 unspecified atom stereocenters. The molecule has 220 valence electrons. The number of benzene rings is 4. The predicted octanol–water partition coefficient (Wildman–Crippen LogP) is 7.49. The van der Waals surface area contributed by atoms with Crippen LogP contribution in [0.15, 0.2) is 112 Å². The second-order valence-corrected chi connectivity index (χ2v) is 12.6. The molecule has 7 nitrogen and oxygen atoms in total. The Morgan fingerprint density at radius 3 is 2.23 bits per heavy atom. The number of thioether (sulfide) groups is 1. The van der Waals surface area contributed by atoms with Gasteiger partial charge in [0.1, 0.15) is 4.90 Å². The third-order valence-electron chi connectivity index (χ3n) is 6.44. The molecule has 1 aliphatic heterocycles. The minimum Gasteiger partial charge on any atom is -0.490 e. The molecule has 0 aliphatic carbocycles. The third-order valence-corrected chi connectivity index (χ3v) is 9.00. The van der Waals surface area contributed by atoms with E-state index in [2.05, 4.69) is 0 Å². The SMILES string of the molecule is CCOc1cc(/C=C2/SC(=NCc3ccccc3)N(Cc3ccccc3)C2=O)cc(Cl)c1OS(=O)(=O)c1ccc(C)cc1. The molecule has 43 heavy (non-hydrogen) atoms. The van der Waals surface area contributed by atoms with Crippen LogP contribution in [0, 0.1) is 6.92 Å². The smallest absolute Gasteiger partial charge is 0.339 e. The molecule has 1 aliphatic rings. The monoisotopic (exact) mass is 632 g/mol. The second kappa shape index (κ2) is 13.5. The van der Waals surface area contributed by atoms with Crippen molar-refractivity contribution in [3.63, 3.8) is 0 Å². The third kappa shape index (κ3) is 7.48. The number of ether oxygens (including phenoxy) is 1. The van der Waals surface area contributed by atoms with Gasteiger partial charge in [-0.3, -0.25) is 14.7 Å². The van der Waals surface area contributed by atoms with Crippen molar-refractivity contribution < 1.29 is 22.1 Å². The van der Waals surface area contributed by atoms with Gasteiger partial charge < -0.3 is 8.92 Å². The van der Waals surface area contributed by atoms with Crippen molar-refractivity contribution in [2.75, 3.05) is 6.61 Å². The fourth-order valence-electron chi connectivity index (χ4n) is 4.30. The summed E-state index contributed by atoms with van der Waals surface area (Å²) in [6.07, 6.45) is 1.70. The van der Waals surface area contributed by atoms with Crippen LogP contribution in [0.1, 0.15) is 29.2 Å². The van der Waals surface area contributed by atoms with Crippen molar-refractivity contribution in [2.45, 2.75) is 31.8 Å². The number of hydrogen-bond acceptors (Lipinski definition) is 7. The molecule has 0 saturated carbocycles. The zero-order valence-corrected chi connectivity index (χ0v) is 26.0. The van der Waals surface area contributed by atoms with Crippen LogP contribution < -0.4 is 8.92 Å². The number of rotatable bonds is 10. The number of halogens is 1. The van der Waals surface area contributed by atoms with E-state index in [0.29, 0.717) is 28.7 Å². The van der Waals surface area contributed by atoms with Crippen LogP contribution in [-0.2, 0) is 28.0 Å². The minimum absolute atomic E-state index is 0.00316. The summed E-state index contributed by atoms with van der Waals surface area (Å²) in [4.78, 5) is 20.5. The van der Waals surface area contributed by atoms with Crippen molar-refractivity contribution in [3.8, 4) is 11.5 Å². The summed E-state index contributed by atoms with van der Waals surface area (Å²) >= 11 is 7.84. The van der Waals surface area contributed by atoms with Crippen molar-refractivity contribution in [3.05, 3.63) is 129 Å². The van der Waals surface area contributed by atoms with Gasteiger partial charge in [0.25, 0.3) is 5.91 Å². The number of carbonyl (C=O) groups excluding carboxylic acids is 1. The molecule has 1 heterocycles. The van der Waals surface area contributed by atoms with Crippen LogP contribution >= 0.6 is 23.4 Å². The molecule has 0 N–H and O–H groups in total. The maximum Gasteiger partial charge on any atom is 0.339 e. The lowest BCUT2D eigenvalue weighted by Gasteiger charge is -2.16. The van der Waals surface area contributed by atoms with Crippen LogP contribution in [0.4, 0.5) is 0 Å². The minimum atomic E-state index is -4.17. The molecule has 4 aromatic rings. The summed E-state index contributed by atoms with van der Waals surface area (Å²) in [6.45, 7) is 4.67. The molecule has 0 radical (unpaired) electrons. The van der Waals surface area contributed by atoms with Crippen molar-refractivity contribution in [1.82, 2.24) is 4.90 Å². The molecule has 1 amide bonds. The fraction of sp³-hybridized carbons (Fsp3) is 0.152. The summed E-state index contributed by atoms with van der Waals surface area (Å²) < 4.78 is 37.2. The fourth-order valence-corrected chi connectivity index (χ4v) is 6.54. The van der Waals surface area contributed by atoms with Crippen molar-refractivity contribution >= 4 is 50.6 Å². The number of amides is 1. The summed E-state index contributed by atoms with van der Waals surface area (Å²) in [5, 5.41) is 0.618. The first-order chi connectivity index (χ1) is 20.7. The maximum absolute atomic E-state index is 13.7. The standard InChI is InChI=1S/C33H29ClN2O5S2/c1-3-40-29-19-26(18-28(34)31(29)41-43(38,39)27-16-14-23(2)15-17-27)20-30-32(37)36(22-25-12-8-5-9-13-25)33(42-30)35-21-24-10-6-4-7-11-24/h4-20H,3,21-22H2,1-2H3/b30-20+,35-33?. The van der Waals surface area contributed by atoms with E-state index in [1.165, 1.54) is 23.9 Å². The van der Waals surface area contributed by atoms with Crippen LogP contribution in [0.3, 0.4) is 0 Å². The largest absolute Gasteiger partial charge is 0.490 e. The number of hydrogen-bond donors (Lipinski definition) is 0. The lowest BCUT2D eigenvalue weighted by Crippen LogP contribution is -2.28. The molecule has 4 aromatic carbocycles. The van der Waals surface area contributed by atoms with Gasteiger partial charge in [-0.05, 0) is 72.6 Å². The summed E-state index contributed by atoms with van der Waals surface area (Å²) in [6, 6.07) is 29.0. The van der Waals surface area contributed by atoms with Gasteiger partial charge >= 0.3 is 10.1 Å². The van der Waals surface area contributed by atoms with Crippen LogP contribution in [0.5, 0.6) is 11.5 Å². The molecule has 0 bridgehead atoms. The Labute approximate surface area is 260 Å². The Bertz CT molecular complexity index is 1780. The highest BCUT2D eigenvalue weighted by Crippen LogP contribution is 2.41. The molecule has 0 atom stereocenters. The van der Waals surface area contributed by atoms with Gasteiger partial charge in [-0.2, -0.15) is 8.42 Å². The Morgan fingerprint density at radius 2 is 1.58 bits per heavy atom. The van der Waals surface area contributed by atoms with E-state index in [9.17, 15) is 13.2 Å². The molecule has 1 saturated heterocycles. The average Bonchev–Trinajstić information content (AvgIpc) is 3.28. The van der Waals surface area contributed by atoms with Gasteiger partial charge in [-0.25, -0.2) is 0 Å². The second-order valence-electron chi connectivity index (χ2n) is 9.69. The zero-order valence-electron chi connectivity index (χ0n) is 23.6. The number of aryl methyl sites for hydroxylation is 1. The molecule has 0 spiro atoms. The van der Waals surface area contributed by atoms with E-state index in [-0.39, 0.29) is 33.9 Å².